The molecule has 2 rings (SSSR count). The van der Waals surface area contributed by atoms with Crippen LogP contribution in [0.25, 0.3) is 0 Å². The lowest BCUT2D eigenvalue weighted by atomic mass is 9.82. The van der Waals surface area contributed by atoms with Crippen molar-refractivity contribution in [2.45, 2.75) is 26.3 Å². The van der Waals surface area contributed by atoms with E-state index in [1.54, 1.807) is 0 Å². The lowest BCUT2D eigenvalue weighted by Gasteiger charge is -2.29. The second-order valence-corrected chi connectivity index (χ2v) is 5.85. The van der Waals surface area contributed by atoms with E-state index in [1.165, 1.54) is 16.7 Å². The third kappa shape index (κ3) is 2.36. The first kappa shape index (κ1) is 13.3. The van der Waals surface area contributed by atoms with Gasteiger partial charge in [0.1, 0.15) is 0 Å². The summed E-state index contributed by atoms with van der Waals surface area (Å²) in [7, 11) is 0. The summed E-state index contributed by atoms with van der Waals surface area (Å²) in [6, 6.07) is 14.6. The molecule has 0 spiro atoms. The number of hydrogen-bond acceptors (Lipinski definition) is 1. The van der Waals surface area contributed by atoms with Crippen molar-refractivity contribution in [3.05, 3.63) is 69.2 Å². The normalized spacial score (nSPS) is 14.3. The Hall–Kier alpha value is -1.12. The highest BCUT2D eigenvalue weighted by molar-refractivity contribution is 9.10. The topological polar surface area (TPSA) is 26.0 Å². The van der Waals surface area contributed by atoms with Crippen molar-refractivity contribution in [2.75, 3.05) is 0 Å². The Bertz CT molecular complexity index is 573. The molecule has 0 saturated carbocycles. The van der Waals surface area contributed by atoms with Crippen molar-refractivity contribution < 1.29 is 0 Å². The molecule has 0 aliphatic carbocycles. The maximum absolute atomic E-state index is 6.60. The van der Waals surface area contributed by atoms with Gasteiger partial charge < -0.3 is 5.73 Å². The summed E-state index contributed by atoms with van der Waals surface area (Å²) in [6.07, 6.45) is 0. The van der Waals surface area contributed by atoms with Crippen molar-refractivity contribution in [1.29, 1.82) is 0 Å². The monoisotopic (exact) mass is 303 g/mol. The van der Waals surface area contributed by atoms with E-state index in [-0.39, 0.29) is 0 Å². The summed E-state index contributed by atoms with van der Waals surface area (Å²) >= 11 is 3.59. The smallest absolute Gasteiger partial charge is 0.0650 e. The molecule has 0 aliphatic heterocycles. The molecular formula is C16H18BrN. The number of benzene rings is 2. The summed E-state index contributed by atoms with van der Waals surface area (Å²) in [6.45, 7) is 6.27. The lowest BCUT2D eigenvalue weighted by Crippen LogP contribution is -2.35. The SMILES string of the molecule is Cc1ccc(C)c(C(C)(N)c2ccccc2Br)c1. The minimum atomic E-state index is -0.490. The van der Waals surface area contributed by atoms with Crippen molar-refractivity contribution in [2.24, 2.45) is 5.73 Å². The van der Waals surface area contributed by atoms with Crippen LogP contribution in [0.15, 0.2) is 46.9 Å². The second-order valence-electron chi connectivity index (χ2n) is 5.00. The number of aryl methyl sites for hydroxylation is 2. The van der Waals surface area contributed by atoms with Gasteiger partial charge in [-0.25, -0.2) is 0 Å². The second kappa shape index (κ2) is 4.87. The summed E-state index contributed by atoms with van der Waals surface area (Å²) in [4.78, 5) is 0. The molecule has 0 fully saturated rings. The number of nitrogens with two attached hydrogens (primary N) is 1. The van der Waals surface area contributed by atoms with Crippen LogP contribution < -0.4 is 5.73 Å². The summed E-state index contributed by atoms with van der Waals surface area (Å²) in [5.41, 5.74) is 10.9. The lowest BCUT2D eigenvalue weighted by molar-refractivity contribution is 0.595. The Morgan fingerprint density at radius 3 is 2.33 bits per heavy atom. The zero-order valence-electron chi connectivity index (χ0n) is 11.0. The molecule has 0 bridgehead atoms. The average molecular weight is 304 g/mol. The van der Waals surface area contributed by atoms with Crippen LogP contribution in [0, 0.1) is 13.8 Å². The van der Waals surface area contributed by atoms with Crippen molar-refractivity contribution in [3.63, 3.8) is 0 Å². The Kier molecular flexibility index (Phi) is 3.60. The standard InChI is InChI=1S/C16H18BrN/c1-11-8-9-12(2)14(10-11)16(3,18)13-6-4-5-7-15(13)17/h4-10H,18H2,1-3H3. The Labute approximate surface area is 117 Å². The first-order chi connectivity index (χ1) is 8.43. The van der Waals surface area contributed by atoms with E-state index in [2.05, 4.69) is 61.0 Å². The van der Waals surface area contributed by atoms with Crippen LogP contribution in [0.3, 0.4) is 0 Å². The first-order valence-electron chi connectivity index (χ1n) is 6.04. The van der Waals surface area contributed by atoms with Crippen LogP contribution in [-0.4, -0.2) is 0 Å². The van der Waals surface area contributed by atoms with Crippen LogP contribution in [0.1, 0.15) is 29.2 Å². The van der Waals surface area contributed by atoms with Crippen LogP contribution >= 0.6 is 15.9 Å². The van der Waals surface area contributed by atoms with E-state index in [0.717, 1.165) is 10.0 Å². The van der Waals surface area contributed by atoms with Gasteiger partial charge in [0.2, 0.25) is 0 Å². The molecule has 1 nitrogen and oxygen atoms in total. The molecule has 0 radical (unpaired) electrons. The van der Waals surface area contributed by atoms with Gasteiger partial charge in [-0.1, -0.05) is 57.9 Å². The third-order valence-corrected chi connectivity index (χ3v) is 4.08. The van der Waals surface area contributed by atoms with Gasteiger partial charge in [0.15, 0.2) is 0 Å². The van der Waals surface area contributed by atoms with E-state index >= 15 is 0 Å². The Morgan fingerprint density at radius 1 is 1.00 bits per heavy atom. The molecule has 2 N–H and O–H groups in total. The first-order valence-corrected chi connectivity index (χ1v) is 6.84. The molecule has 1 atom stereocenters. The number of rotatable bonds is 2. The summed E-state index contributed by atoms with van der Waals surface area (Å²) in [5.74, 6) is 0. The minimum absolute atomic E-state index is 0.490. The molecule has 2 aromatic carbocycles. The van der Waals surface area contributed by atoms with E-state index in [9.17, 15) is 0 Å². The highest BCUT2D eigenvalue weighted by atomic mass is 79.9. The predicted octanol–water partition coefficient (Wildman–Crippen LogP) is 4.29. The third-order valence-electron chi connectivity index (χ3n) is 3.39. The Morgan fingerprint density at radius 2 is 1.67 bits per heavy atom. The van der Waals surface area contributed by atoms with E-state index in [1.807, 2.05) is 18.2 Å². The van der Waals surface area contributed by atoms with Gasteiger partial charge in [-0.15, -0.1) is 0 Å². The molecule has 2 heteroatoms. The zero-order valence-corrected chi connectivity index (χ0v) is 12.6. The van der Waals surface area contributed by atoms with E-state index in [4.69, 9.17) is 5.73 Å². The van der Waals surface area contributed by atoms with Crippen LogP contribution in [0.4, 0.5) is 0 Å². The molecule has 0 saturated heterocycles. The maximum Gasteiger partial charge on any atom is 0.0650 e. The van der Waals surface area contributed by atoms with Gasteiger partial charge in [0.25, 0.3) is 0 Å². The molecule has 1 unspecified atom stereocenters. The van der Waals surface area contributed by atoms with E-state index in [0.29, 0.717) is 0 Å². The fourth-order valence-corrected chi connectivity index (χ4v) is 3.02. The summed E-state index contributed by atoms with van der Waals surface area (Å²) in [5, 5.41) is 0. The van der Waals surface area contributed by atoms with Crippen LogP contribution in [0.5, 0.6) is 0 Å². The average Bonchev–Trinajstić information content (AvgIpc) is 2.32. The quantitative estimate of drug-likeness (QED) is 0.880. The van der Waals surface area contributed by atoms with Crippen molar-refractivity contribution in [3.8, 4) is 0 Å². The fraction of sp³-hybridized carbons (Fsp3) is 0.250. The maximum atomic E-state index is 6.60. The van der Waals surface area contributed by atoms with E-state index < -0.39 is 5.54 Å². The van der Waals surface area contributed by atoms with Gasteiger partial charge in [-0.3, -0.25) is 0 Å². The van der Waals surface area contributed by atoms with Gasteiger partial charge in [0, 0.05) is 4.47 Å². The molecule has 0 aliphatic rings. The zero-order chi connectivity index (χ0) is 13.3. The molecule has 18 heavy (non-hydrogen) atoms. The molecule has 0 aromatic heterocycles. The predicted molar refractivity (Wildman–Crippen MR) is 80.7 cm³/mol. The molecule has 0 amide bonds. The van der Waals surface area contributed by atoms with Crippen molar-refractivity contribution in [1.82, 2.24) is 0 Å². The highest BCUT2D eigenvalue weighted by Crippen LogP contribution is 2.33. The Balaban J connectivity index is 2.61. The molecular weight excluding hydrogens is 286 g/mol. The van der Waals surface area contributed by atoms with Crippen LogP contribution in [0.2, 0.25) is 0 Å². The molecule has 2 aromatic rings. The van der Waals surface area contributed by atoms with Gasteiger partial charge in [0.05, 0.1) is 5.54 Å². The minimum Gasteiger partial charge on any atom is -0.318 e. The highest BCUT2D eigenvalue weighted by Gasteiger charge is 2.27. The van der Waals surface area contributed by atoms with Gasteiger partial charge in [-0.2, -0.15) is 0 Å². The van der Waals surface area contributed by atoms with Gasteiger partial charge in [-0.05, 0) is 43.5 Å². The molecule has 0 heterocycles. The van der Waals surface area contributed by atoms with Crippen LogP contribution in [-0.2, 0) is 5.54 Å². The summed E-state index contributed by atoms with van der Waals surface area (Å²) < 4.78 is 1.05. The van der Waals surface area contributed by atoms with Gasteiger partial charge >= 0.3 is 0 Å². The molecule has 94 valence electrons. The van der Waals surface area contributed by atoms with Crippen molar-refractivity contribution >= 4 is 15.9 Å². The number of halogens is 1. The largest absolute Gasteiger partial charge is 0.318 e. The fourth-order valence-electron chi connectivity index (χ4n) is 2.32. The number of hydrogen-bond donors (Lipinski definition) is 1.